The summed E-state index contributed by atoms with van der Waals surface area (Å²) in [6.07, 6.45) is 3.76. The number of carbonyl (C=O) groups is 1. The van der Waals surface area contributed by atoms with Crippen molar-refractivity contribution in [1.29, 1.82) is 0 Å². The van der Waals surface area contributed by atoms with E-state index in [0.717, 1.165) is 49.3 Å². The number of para-hydroxylation sites is 2. The topological polar surface area (TPSA) is 56.2 Å². The van der Waals surface area contributed by atoms with Crippen LogP contribution >= 0.6 is 0 Å². The average molecular weight is 422 g/mol. The summed E-state index contributed by atoms with van der Waals surface area (Å²) in [6, 6.07) is 14.8. The van der Waals surface area contributed by atoms with Crippen molar-refractivity contribution in [2.24, 2.45) is 0 Å². The first kappa shape index (κ1) is 22.9. The van der Waals surface area contributed by atoms with Gasteiger partial charge in [-0.25, -0.2) is 4.98 Å². The second-order valence-electron chi connectivity index (χ2n) is 8.51. The molecule has 0 aliphatic rings. The summed E-state index contributed by atoms with van der Waals surface area (Å²) in [5.41, 5.74) is 4.72. The van der Waals surface area contributed by atoms with Crippen molar-refractivity contribution < 1.29 is 9.53 Å². The molecule has 0 unspecified atom stereocenters. The molecule has 0 radical (unpaired) electrons. The summed E-state index contributed by atoms with van der Waals surface area (Å²) < 4.78 is 8.48. The molecule has 31 heavy (non-hydrogen) atoms. The van der Waals surface area contributed by atoms with E-state index in [2.05, 4.69) is 67.1 Å². The summed E-state index contributed by atoms with van der Waals surface area (Å²) in [5.74, 6) is 2.57. The lowest BCUT2D eigenvalue weighted by Gasteiger charge is -2.15. The molecule has 0 aliphatic carbocycles. The highest BCUT2D eigenvalue weighted by Crippen LogP contribution is 2.27. The van der Waals surface area contributed by atoms with Gasteiger partial charge in [0.2, 0.25) is 5.91 Å². The van der Waals surface area contributed by atoms with E-state index in [9.17, 15) is 4.79 Å². The number of fused-ring (bicyclic) bond motifs is 1. The van der Waals surface area contributed by atoms with Gasteiger partial charge in [0, 0.05) is 26.4 Å². The smallest absolute Gasteiger partial charge is 0.216 e. The van der Waals surface area contributed by atoms with Crippen molar-refractivity contribution in [3.63, 3.8) is 0 Å². The third-order valence-electron chi connectivity index (χ3n) is 5.51. The minimum absolute atomic E-state index is 0.0164. The fourth-order valence-electron chi connectivity index (χ4n) is 3.87. The van der Waals surface area contributed by atoms with Crippen LogP contribution in [-0.2, 0) is 17.8 Å². The molecule has 1 heterocycles. The van der Waals surface area contributed by atoms with Gasteiger partial charge >= 0.3 is 0 Å². The summed E-state index contributed by atoms with van der Waals surface area (Å²) in [5, 5.41) is 2.87. The van der Waals surface area contributed by atoms with Gasteiger partial charge in [-0.1, -0.05) is 38.1 Å². The van der Waals surface area contributed by atoms with Crippen molar-refractivity contribution in [3.8, 4) is 5.75 Å². The molecule has 0 atom stereocenters. The third-order valence-corrected chi connectivity index (χ3v) is 5.51. The molecule has 1 N–H and O–H groups in total. The van der Waals surface area contributed by atoms with Crippen molar-refractivity contribution >= 4 is 16.9 Å². The maximum atomic E-state index is 11.1. The van der Waals surface area contributed by atoms with E-state index in [1.807, 2.05) is 6.07 Å². The highest BCUT2D eigenvalue weighted by molar-refractivity contribution is 5.76. The monoisotopic (exact) mass is 421 g/mol. The molecule has 0 aliphatic heterocycles. The number of aryl methyl sites for hydroxylation is 3. The molecule has 0 bridgehead atoms. The highest BCUT2D eigenvalue weighted by Gasteiger charge is 2.11. The number of nitrogens with one attached hydrogen (secondary N) is 1. The Kier molecular flexibility index (Phi) is 8.10. The Morgan fingerprint density at radius 3 is 2.71 bits per heavy atom. The van der Waals surface area contributed by atoms with Gasteiger partial charge < -0.3 is 14.6 Å². The first-order valence-corrected chi connectivity index (χ1v) is 11.4. The quantitative estimate of drug-likeness (QED) is 0.422. The van der Waals surface area contributed by atoms with E-state index in [-0.39, 0.29) is 5.91 Å². The molecule has 166 valence electrons. The van der Waals surface area contributed by atoms with Crippen LogP contribution in [0.4, 0.5) is 0 Å². The molecule has 0 spiro atoms. The van der Waals surface area contributed by atoms with Gasteiger partial charge in [-0.3, -0.25) is 4.79 Å². The van der Waals surface area contributed by atoms with Crippen LogP contribution in [0.1, 0.15) is 62.9 Å². The highest BCUT2D eigenvalue weighted by atomic mass is 16.5. The van der Waals surface area contributed by atoms with E-state index in [4.69, 9.17) is 9.72 Å². The van der Waals surface area contributed by atoms with E-state index < -0.39 is 0 Å². The molecule has 5 heteroatoms. The molecular weight excluding hydrogens is 386 g/mol. The first-order valence-electron chi connectivity index (χ1n) is 11.4. The van der Waals surface area contributed by atoms with Crippen LogP contribution in [0.25, 0.3) is 11.0 Å². The minimum Gasteiger partial charge on any atom is -0.493 e. The first-order chi connectivity index (χ1) is 15.0. The zero-order valence-electron chi connectivity index (χ0n) is 19.3. The SMILES string of the molecule is CC(=O)NCCCc1nc2ccccc2n1CCCCOc1cc(C)ccc1C(C)C. The molecule has 0 fully saturated rings. The molecular formula is C26H35N3O2. The standard InChI is InChI=1S/C26H35N3O2/c1-19(2)22-14-13-20(3)18-25(22)31-17-8-7-16-29-24-11-6-5-10-23(24)28-26(29)12-9-15-27-21(4)30/h5-6,10-11,13-14,18-19H,7-9,12,15-17H2,1-4H3,(H,27,30). The number of amides is 1. The summed E-state index contributed by atoms with van der Waals surface area (Å²) in [6.45, 7) is 10.4. The van der Waals surface area contributed by atoms with Crippen LogP contribution in [0, 0.1) is 6.92 Å². The molecule has 0 saturated carbocycles. The van der Waals surface area contributed by atoms with E-state index in [0.29, 0.717) is 19.1 Å². The van der Waals surface area contributed by atoms with Crippen LogP contribution in [0.5, 0.6) is 5.75 Å². The maximum absolute atomic E-state index is 11.1. The second-order valence-corrected chi connectivity index (χ2v) is 8.51. The van der Waals surface area contributed by atoms with Gasteiger partial charge in [-0.05, 0) is 61.4 Å². The van der Waals surface area contributed by atoms with Gasteiger partial charge in [-0.15, -0.1) is 0 Å². The molecule has 1 aromatic heterocycles. The van der Waals surface area contributed by atoms with Crippen LogP contribution in [0.15, 0.2) is 42.5 Å². The lowest BCUT2D eigenvalue weighted by atomic mass is 10.0. The fourth-order valence-corrected chi connectivity index (χ4v) is 3.87. The number of benzene rings is 2. The van der Waals surface area contributed by atoms with Crippen LogP contribution in [-0.4, -0.2) is 28.6 Å². The molecule has 3 rings (SSSR count). The Hall–Kier alpha value is -2.82. The van der Waals surface area contributed by atoms with Crippen molar-refractivity contribution in [1.82, 2.24) is 14.9 Å². The van der Waals surface area contributed by atoms with Crippen LogP contribution in [0.2, 0.25) is 0 Å². The van der Waals surface area contributed by atoms with Crippen molar-refractivity contribution in [3.05, 3.63) is 59.4 Å². The molecule has 5 nitrogen and oxygen atoms in total. The zero-order chi connectivity index (χ0) is 22.2. The van der Waals surface area contributed by atoms with E-state index >= 15 is 0 Å². The Balaban J connectivity index is 1.57. The zero-order valence-corrected chi connectivity index (χ0v) is 19.3. The number of ether oxygens (including phenoxy) is 1. The number of carbonyl (C=O) groups excluding carboxylic acids is 1. The number of hydrogen-bond donors (Lipinski definition) is 1. The number of imidazole rings is 1. The molecule has 3 aromatic rings. The predicted molar refractivity (Wildman–Crippen MR) is 127 cm³/mol. The normalized spacial score (nSPS) is 11.3. The molecule has 2 aromatic carbocycles. The number of aromatic nitrogens is 2. The Morgan fingerprint density at radius 2 is 1.94 bits per heavy atom. The molecule has 0 saturated heterocycles. The van der Waals surface area contributed by atoms with Crippen LogP contribution < -0.4 is 10.1 Å². The summed E-state index contributed by atoms with van der Waals surface area (Å²) >= 11 is 0. The third kappa shape index (κ3) is 6.33. The van der Waals surface area contributed by atoms with E-state index in [1.165, 1.54) is 16.6 Å². The van der Waals surface area contributed by atoms with Crippen molar-refractivity contribution in [2.75, 3.05) is 13.2 Å². The van der Waals surface area contributed by atoms with Crippen LogP contribution in [0.3, 0.4) is 0 Å². The van der Waals surface area contributed by atoms with Crippen molar-refractivity contribution in [2.45, 2.75) is 65.8 Å². The average Bonchev–Trinajstić information content (AvgIpc) is 3.08. The number of hydrogen-bond acceptors (Lipinski definition) is 3. The van der Waals surface area contributed by atoms with Gasteiger partial charge in [0.1, 0.15) is 11.6 Å². The maximum Gasteiger partial charge on any atom is 0.216 e. The lowest BCUT2D eigenvalue weighted by molar-refractivity contribution is -0.118. The Morgan fingerprint density at radius 1 is 1.13 bits per heavy atom. The minimum atomic E-state index is 0.0164. The number of unbranched alkanes of at least 4 members (excludes halogenated alkanes) is 1. The predicted octanol–water partition coefficient (Wildman–Crippen LogP) is 5.40. The fraction of sp³-hybridized carbons (Fsp3) is 0.462. The molecule has 1 amide bonds. The number of nitrogens with zero attached hydrogens (tertiary/aromatic N) is 2. The second kappa shape index (κ2) is 11.0. The van der Waals surface area contributed by atoms with Gasteiger partial charge in [-0.2, -0.15) is 0 Å². The van der Waals surface area contributed by atoms with Gasteiger partial charge in [0.25, 0.3) is 0 Å². The number of rotatable bonds is 11. The van der Waals surface area contributed by atoms with Gasteiger partial charge in [0.15, 0.2) is 0 Å². The Labute approximate surface area is 185 Å². The summed E-state index contributed by atoms with van der Waals surface area (Å²) in [7, 11) is 0. The summed E-state index contributed by atoms with van der Waals surface area (Å²) in [4.78, 5) is 15.9. The van der Waals surface area contributed by atoms with Gasteiger partial charge in [0.05, 0.1) is 17.6 Å². The lowest BCUT2D eigenvalue weighted by Crippen LogP contribution is -2.21. The largest absolute Gasteiger partial charge is 0.493 e. The van der Waals surface area contributed by atoms with E-state index in [1.54, 1.807) is 6.92 Å². The Bertz CT molecular complexity index is 1010.